The highest BCUT2D eigenvalue weighted by Crippen LogP contribution is 2.50. The van der Waals surface area contributed by atoms with Crippen molar-refractivity contribution in [1.29, 1.82) is 0 Å². The van der Waals surface area contributed by atoms with E-state index < -0.39 is 0 Å². The summed E-state index contributed by atoms with van der Waals surface area (Å²) in [6, 6.07) is 30.5. The minimum absolute atomic E-state index is 0.00101. The molecule has 63 heavy (non-hydrogen) atoms. The van der Waals surface area contributed by atoms with Gasteiger partial charge in [0.05, 0.1) is 44.0 Å². The van der Waals surface area contributed by atoms with Crippen molar-refractivity contribution >= 4 is 79.1 Å². The molecule has 10 rings (SSSR count). The van der Waals surface area contributed by atoms with Gasteiger partial charge in [0.2, 0.25) is 23.7 Å². The summed E-state index contributed by atoms with van der Waals surface area (Å²) in [5.41, 5.74) is 6.92. The number of carbonyl (C=O) groups excluding carboxylic acids is 2. The minimum atomic E-state index is -0.380. The number of phenols is 2. The minimum Gasteiger partial charge on any atom is -0.507 e. The third-order valence-electron chi connectivity index (χ3n) is 12.7. The van der Waals surface area contributed by atoms with Gasteiger partial charge in [-0.3, -0.25) is 19.4 Å². The number of thioether (sulfide) groups is 2. The van der Waals surface area contributed by atoms with E-state index in [1.54, 1.807) is 35.7 Å². The van der Waals surface area contributed by atoms with E-state index in [1.165, 1.54) is 0 Å². The first-order valence-corrected chi connectivity index (χ1v) is 25.0. The number of halogens is 2. The fraction of sp³-hybridized carbons (Fsp3) is 0.306. The van der Waals surface area contributed by atoms with Crippen LogP contribution in [0.4, 0.5) is 11.9 Å². The Morgan fingerprint density at radius 1 is 0.508 bits per heavy atom. The van der Waals surface area contributed by atoms with Crippen molar-refractivity contribution in [2.75, 3.05) is 21.3 Å². The molecule has 0 unspecified atom stereocenters. The molecule has 2 amide bonds. The molecule has 0 atom stereocenters. The number of benzene rings is 4. The van der Waals surface area contributed by atoms with Gasteiger partial charge in [0, 0.05) is 31.2 Å². The van der Waals surface area contributed by atoms with Crippen molar-refractivity contribution in [2.45, 2.75) is 80.4 Å². The Hall–Kier alpha value is -4.76. The molecule has 4 aliphatic rings. The van der Waals surface area contributed by atoms with Gasteiger partial charge >= 0.3 is 0 Å². The highest BCUT2D eigenvalue weighted by molar-refractivity contribution is 9.10. The van der Waals surface area contributed by atoms with Crippen LogP contribution in [0.2, 0.25) is 0 Å². The third kappa shape index (κ3) is 8.28. The maximum atomic E-state index is 13.7. The summed E-state index contributed by atoms with van der Waals surface area (Å²) in [4.78, 5) is 50.4. The van der Waals surface area contributed by atoms with Crippen LogP contribution in [0.3, 0.4) is 0 Å². The van der Waals surface area contributed by atoms with Gasteiger partial charge in [-0.05, 0) is 104 Å². The lowest BCUT2D eigenvalue weighted by atomic mass is 9.93. The molecule has 2 saturated carbocycles. The largest absolute Gasteiger partial charge is 0.507 e. The van der Waals surface area contributed by atoms with Crippen LogP contribution in [0.5, 0.6) is 11.5 Å². The molecular formula is C49H44Br2N6O4S2. The van der Waals surface area contributed by atoms with Crippen molar-refractivity contribution < 1.29 is 19.8 Å². The number of rotatable bonds is 8. The van der Waals surface area contributed by atoms with Crippen molar-refractivity contribution in [3.05, 3.63) is 117 Å². The topological polar surface area (TPSA) is 133 Å². The lowest BCUT2D eigenvalue weighted by molar-refractivity contribution is -0.117. The van der Waals surface area contributed by atoms with Crippen LogP contribution in [0.1, 0.15) is 75.3 Å². The number of phenolic OH excluding ortho intramolecular Hbond substituents is 2. The van der Waals surface area contributed by atoms with Gasteiger partial charge in [0.1, 0.15) is 11.5 Å². The van der Waals surface area contributed by atoms with Crippen LogP contribution < -0.4 is 9.80 Å². The van der Waals surface area contributed by atoms with Gasteiger partial charge in [-0.15, -0.1) is 23.5 Å². The van der Waals surface area contributed by atoms with E-state index in [1.807, 2.05) is 94.7 Å². The molecule has 2 aliphatic heterocycles. The molecule has 2 saturated heterocycles. The molecule has 0 radical (unpaired) electrons. The number of nitrogens with zero attached hydrogens (tertiary/aromatic N) is 6. The number of hydrogen-bond donors (Lipinski definition) is 2. The van der Waals surface area contributed by atoms with E-state index in [4.69, 9.17) is 19.9 Å². The van der Waals surface area contributed by atoms with Crippen molar-refractivity contribution in [1.82, 2.24) is 19.9 Å². The van der Waals surface area contributed by atoms with Gasteiger partial charge < -0.3 is 10.2 Å². The summed E-state index contributed by atoms with van der Waals surface area (Å²) >= 11 is 10.5. The first-order valence-electron chi connectivity index (χ1n) is 21.5. The molecular weight excluding hydrogens is 961 g/mol. The Morgan fingerprint density at radius 2 is 0.889 bits per heavy atom. The number of hydrogen-bond acceptors (Lipinski definition) is 10. The molecule has 2 N–H and O–H groups in total. The zero-order chi connectivity index (χ0) is 43.3. The number of anilines is 2. The maximum Gasteiger partial charge on any atom is 0.240 e. The molecule has 10 nitrogen and oxygen atoms in total. The molecule has 4 fully saturated rings. The van der Waals surface area contributed by atoms with Gasteiger partial charge in [-0.1, -0.05) is 107 Å². The highest BCUT2D eigenvalue weighted by Gasteiger charge is 2.50. The van der Waals surface area contributed by atoms with Gasteiger partial charge in [-0.2, -0.15) is 0 Å². The summed E-state index contributed by atoms with van der Waals surface area (Å²) < 4.78 is 1.88. The monoisotopic (exact) mass is 1000 g/mol. The molecule has 4 aromatic carbocycles. The summed E-state index contributed by atoms with van der Waals surface area (Å²) in [6.45, 7) is 0. The predicted octanol–water partition coefficient (Wildman–Crippen LogP) is 11.9. The van der Waals surface area contributed by atoms with Crippen LogP contribution in [-0.2, 0) is 16.0 Å². The van der Waals surface area contributed by atoms with Crippen molar-refractivity contribution in [3.8, 4) is 56.5 Å². The van der Waals surface area contributed by atoms with Crippen LogP contribution >= 0.6 is 55.4 Å². The summed E-state index contributed by atoms with van der Waals surface area (Å²) in [5, 5.41) is 22.9. The van der Waals surface area contributed by atoms with E-state index >= 15 is 0 Å². The first-order chi connectivity index (χ1) is 30.6. The SMILES string of the molecule is O=C1CSC2(CCCCC2)N1c1nc(-c2ccc(Br)cc2)cc(-c2cc(Cc3ccc(O)c(-c4cc(-c5ccc(Br)cc5)nc(N5C(=O)CSC56CCCCC6)n4)c3)ccc2O)n1. The molecule has 6 aromatic rings. The fourth-order valence-electron chi connectivity index (χ4n) is 9.55. The Morgan fingerprint density at radius 3 is 1.29 bits per heavy atom. The zero-order valence-electron chi connectivity index (χ0n) is 34.4. The van der Waals surface area contributed by atoms with E-state index in [2.05, 4.69) is 31.9 Å². The van der Waals surface area contributed by atoms with Crippen LogP contribution in [0, 0.1) is 0 Å². The van der Waals surface area contributed by atoms with Gasteiger partial charge in [-0.25, -0.2) is 19.9 Å². The molecule has 4 heterocycles. The normalized spacial score (nSPS) is 18.2. The molecule has 2 spiro atoms. The molecule has 0 bridgehead atoms. The molecule has 2 aliphatic carbocycles. The second-order valence-corrected chi connectivity index (χ2v) is 21.3. The highest BCUT2D eigenvalue weighted by atomic mass is 79.9. The Labute approximate surface area is 391 Å². The third-order valence-corrected chi connectivity index (χ3v) is 16.8. The lowest BCUT2D eigenvalue weighted by Crippen LogP contribution is -2.46. The Kier molecular flexibility index (Phi) is 11.6. The van der Waals surface area contributed by atoms with E-state index in [0.717, 1.165) is 95.4 Å². The second-order valence-electron chi connectivity index (χ2n) is 16.8. The molecule has 2 aromatic heterocycles. The quantitative estimate of drug-likeness (QED) is 0.152. The van der Waals surface area contributed by atoms with Crippen molar-refractivity contribution in [3.63, 3.8) is 0 Å². The van der Waals surface area contributed by atoms with Crippen molar-refractivity contribution in [2.24, 2.45) is 0 Å². The van der Waals surface area contributed by atoms with Crippen LogP contribution in [-0.4, -0.2) is 63.2 Å². The fourth-order valence-corrected chi connectivity index (χ4v) is 12.9. The standard InChI is InChI=1S/C49H44Br2N6O4S2/c50-34-13-9-32(10-14-34)38-26-40(54-46(52-38)56-44(60)28-62-48(56)19-3-1-4-20-48)36-24-30(7-17-42(36)58)23-31-8-18-43(59)37(25-31)41-27-39(33-11-15-35(51)16-12-33)53-47(55-41)57-45(61)29-63-49(57)21-5-2-6-22-49/h7-18,24-27,58-59H,1-6,19-23,28-29H2. The van der Waals surface area contributed by atoms with E-state index in [-0.39, 0.29) is 33.1 Å². The Balaban J connectivity index is 1.03. The summed E-state index contributed by atoms with van der Waals surface area (Å²) in [7, 11) is 0. The smallest absolute Gasteiger partial charge is 0.240 e. The van der Waals surface area contributed by atoms with Gasteiger partial charge in [0.15, 0.2) is 0 Å². The predicted molar refractivity (Wildman–Crippen MR) is 259 cm³/mol. The van der Waals surface area contributed by atoms with E-state index in [0.29, 0.717) is 63.7 Å². The van der Waals surface area contributed by atoms with E-state index in [9.17, 15) is 19.8 Å². The maximum absolute atomic E-state index is 13.7. The Bertz CT molecular complexity index is 2560. The van der Waals surface area contributed by atoms with Crippen LogP contribution in [0.25, 0.3) is 45.0 Å². The molecule has 320 valence electrons. The first kappa shape index (κ1) is 42.2. The summed E-state index contributed by atoms with van der Waals surface area (Å²) in [6.07, 6.45) is 10.5. The number of aromatic hydroxyl groups is 2. The molecule has 14 heteroatoms. The number of amides is 2. The van der Waals surface area contributed by atoms with Crippen LogP contribution in [0.15, 0.2) is 106 Å². The number of carbonyl (C=O) groups is 2. The average molecular weight is 1000 g/mol. The average Bonchev–Trinajstić information content (AvgIpc) is 3.78. The van der Waals surface area contributed by atoms with Gasteiger partial charge in [0.25, 0.3) is 0 Å². The second kappa shape index (κ2) is 17.3. The summed E-state index contributed by atoms with van der Waals surface area (Å²) in [5.74, 6) is 1.60. The zero-order valence-corrected chi connectivity index (χ0v) is 39.2. The number of aromatic nitrogens is 4. The lowest BCUT2D eigenvalue weighted by Gasteiger charge is -2.39.